The molecule has 0 unspecified atom stereocenters. The van der Waals surface area contributed by atoms with Crippen molar-refractivity contribution in [2.45, 2.75) is 40.2 Å². The van der Waals surface area contributed by atoms with Gasteiger partial charge in [0.05, 0.1) is 0 Å². The van der Waals surface area contributed by atoms with Crippen molar-refractivity contribution in [3.8, 4) is 0 Å². The normalized spacial score (nSPS) is 23.7. The molecule has 1 saturated heterocycles. The quantitative estimate of drug-likeness (QED) is 0.488. The van der Waals surface area contributed by atoms with E-state index in [4.69, 9.17) is 0 Å². The Kier molecular flexibility index (Phi) is 3.04. The summed E-state index contributed by atoms with van der Waals surface area (Å²) < 4.78 is 0. The van der Waals surface area contributed by atoms with Gasteiger partial charge in [-0.1, -0.05) is 13.8 Å². The predicted octanol–water partition coefficient (Wildman–Crippen LogP) is 2.04. The van der Waals surface area contributed by atoms with Gasteiger partial charge in [0, 0.05) is 38.1 Å². The number of rotatable bonds is 1. The van der Waals surface area contributed by atoms with Crippen LogP contribution in [-0.4, -0.2) is 48.5 Å². The lowest BCUT2D eigenvalue weighted by molar-refractivity contribution is -0.0708. The Bertz CT molecular complexity index is 264. The van der Waals surface area contributed by atoms with Crippen molar-refractivity contribution in [2.75, 3.05) is 27.2 Å². The summed E-state index contributed by atoms with van der Waals surface area (Å²) in [4.78, 5) is 9.09. The van der Waals surface area contributed by atoms with Crippen LogP contribution in [0.3, 0.4) is 0 Å². The molecule has 15 heavy (non-hydrogen) atoms. The highest BCUT2D eigenvalue weighted by molar-refractivity contribution is 5.81. The largest absolute Gasteiger partial charge is 0.349 e. The lowest BCUT2D eigenvalue weighted by atomic mass is 9.65. The van der Waals surface area contributed by atoms with Gasteiger partial charge >= 0.3 is 0 Å². The molecule has 1 aliphatic rings. The third kappa shape index (κ3) is 1.84. The van der Waals surface area contributed by atoms with E-state index in [1.165, 1.54) is 0 Å². The Balaban J connectivity index is 2.88. The van der Waals surface area contributed by atoms with Crippen LogP contribution in [0.1, 0.15) is 34.6 Å². The fourth-order valence-corrected chi connectivity index (χ4v) is 1.99. The fourth-order valence-electron chi connectivity index (χ4n) is 1.99. The Hall–Kier alpha value is -0.730. The zero-order valence-corrected chi connectivity index (χ0v) is 11.3. The van der Waals surface area contributed by atoms with E-state index >= 15 is 0 Å². The Morgan fingerprint density at radius 3 is 2.07 bits per heavy atom. The second kappa shape index (κ2) is 3.69. The number of nitrogens with zero attached hydrogens (tertiary/aromatic N) is 3. The Morgan fingerprint density at radius 2 is 1.80 bits per heavy atom. The van der Waals surface area contributed by atoms with Gasteiger partial charge in [-0.25, -0.2) is 0 Å². The highest BCUT2D eigenvalue weighted by atomic mass is 15.4. The second-order valence-corrected chi connectivity index (χ2v) is 5.70. The Morgan fingerprint density at radius 1 is 1.27 bits per heavy atom. The summed E-state index contributed by atoms with van der Waals surface area (Å²) in [6.07, 6.45) is 0. The third-order valence-corrected chi connectivity index (χ3v) is 3.83. The number of hydrogen-bond donors (Lipinski definition) is 0. The summed E-state index contributed by atoms with van der Waals surface area (Å²) in [7, 11) is 4.13. The molecular weight excluding hydrogens is 186 g/mol. The highest BCUT2D eigenvalue weighted by Gasteiger charge is 2.54. The van der Waals surface area contributed by atoms with Gasteiger partial charge in [-0.3, -0.25) is 4.99 Å². The molecule has 0 atom stereocenters. The number of aliphatic imine (C=N–C) groups is 1. The van der Waals surface area contributed by atoms with Gasteiger partial charge < -0.3 is 9.80 Å². The van der Waals surface area contributed by atoms with E-state index in [0.717, 1.165) is 19.0 Å². The summed E-state index contributed by atoms with van der Waals surface area (Å²) in [6, 6.07) is 0. The number of likely N-dealkylation sites (tertiary alicyclic amines) is 1. The first-order valence-corrected chi connectivity index (χ1v) is 5.73. The van der Waals surface area contributed by atoms with Crippen LogP contribution in [0.15, 0.2) is 4.99 Å². The fraction of sp³-hybridized carbons (Fsp3) is 0.917. The van der Waals surface area contributed by atoms with E-state index in [2.05, 4.69) is 63.5 Å². The summed E-state index contributed by atoms with van der Waals surface area (Å²) in [6.45, 7) is 13.3. The molecule has 1 heterocycles. The van der Waals surface area contributed by atoms with Gasteiger partial charge in [-0.05, 0) is 20.8 Å². The van der Waals surface area contributed by atoms with E-state index in [-0.39, 0.29) is 5.54 Å². The van der Waals surface area contributed by atoms with E-state index in [0.29, 0.717) is 5.41 Å². The third-order valence-electron chi connectivity index (χ3n) is 3.83. The molecule has 0 aromatic rings. The van der Waals surface area contributed by atoms with Crippen LogP contribution in [0.2, 0.25) is 0 Å². The minimum absolute atomic E-state index is 0.200. The molecule has 1 fully saturated rings. The topological polar surface area (TPSA) is 18.8 Å². The second-order valence-electron chi connectivity index (χ2n) is 5.70. The maximum Gasteiger partial charge on any atom is 0.196 e. The molecule has 0 bridgehead atoms. The summed E-state index contributed by atoms with van der Waals surface area (Å²) in [5, 5.41) is 0. The maximum absolute atomic E-state index is 4.58. The predicted molar refractivity (Wildman–Crippen MR) is 66.2 cm³/mol. The first kappa shape index (κ1) is 12.3. The van der Waals surface area contributed by atoms with Crippen LogP contribution in [0.25, 0.3) is 0 Å². The van der Waals surface area contributed by atoms with Crippen LogP contribution >= 0.6 is 0 Å². The van der Waals surface area contributed by atoms with Crippen molar-refractivity contribution in [2.24, 2.45) is 10.4 Å². The summed E-state index contributed by atoms with van der Waals surface area (Å²) in [5.41, 5.74) is 0.572. The van der Waals surface area contributed by atoms with Crippen molar-refractivity contribution >= 4 is 5.96 Å². The molecule has 0 aromatic carbocycles. The molecule has 0 radical (unpaired) electrons. The van der Waals surface area contributed by atoms with Gasteiger partial charge in [-0.2, -0.15) is 0 Å². The molecule has 0 N–H and O–H groups in total. The SMILES string of the molecule is CCN=C(N(C)C)N1CC(C)(C)C1(C)C. The zero-order chi connectivity index (χ0) is 11.9. The van der Waals surface area contributed by atoms with Crippen LogP contribution in [0, 0.1) is 5.41 Å². The van der Waals surface area contributed by atoms with Crippen molar-refractivity contribution in [1.29, 1.82) is 0 Å². The smallest absolute Gasteiger partial charge is 0.196 e. The first-order valence-electron chi connectivity index (χ1n) is 5.73. The summed E-state index contributed by atoms with van der Waals surface area (Å²) >= 11 is 0. The van der Waals surface area contributed by atoms with Crippen molar-refractivity contribution in [3.63, 3.8) is 0 Å². The van der Waals surface area contributed by atoms with Gasteiger partial charge in [-0.15, -0.1) is 0 Å². The maximum atomic E-state index is 4.58. The van der Waals surface area contributed by atoms with Gasteiger partial charge in [0.15, 0.2) is 5.96 Å². The van der Waals surface area contributed by atoms with Crippen LogP contribution in [0.4, 0.5) is 0 Å². The van der Waals surface area contributed by atoms with Crippen molar-refractivity contribution in [1.82, 2.24) is 9.80 Å². The van der Waals surface area contributed by atoms with Crippen LogP contribution in [-0.2, 0) is 0 Å². The van der Waals surface area contributed by atoms with Crippen LogP contribution < -0.4 is 0 Å². The molecule has 0 aromatic heterocycles. The molecule has 0 saturated carbocycles. The van der Waals surface area contributed by atoms with E-state index in [9.17, 15) is 0 Å². The molecule has 0 amide bonds. The lowest BCUT2D eigenvalue weighted by Crippen LogP contribution is -2.72. The molecule has 0 spiro atoms. The number of hydrogen-bond acceptors (Lipinski definition) is 1. The molecule has 0 aliphatic carbocycles. The first-order chi connectivity index (χ1) is 6.74. The molecule has 1 aliphatic heterocycles. The Labute approximate surface area is 94.2 Å². The van der Waals surface area contributed by atoms with E-state index < -0.39 is 0 Å². The minimum Gasteiger partial charge on any atom is -0.349 e. The number of guanidine groups is 1. The van der Waals surface area contributed by atoms with Gasteiger partial charge in [0.25, 0.3) is 0 Å². The van der Waals surface area contributed by atoms with Crippen molar-refractivity contribution < 1.29 is 0 Å². The molecule has 88 valence electrons. The molecule has 1 rings (SSSR count). The average Bonchev–Trinajstić information content (AvgIpc) is 2.10. The minimum atomic E-state index is 0.200. The van der Waals surface area contributed by atoms with Gasteiger partial charge in [0.1, 0.15) is 0 Å². The standard InChI is InChI=1S/C12H25N3/c1-8-13-10(14(6)7)15-9-11(2,3)12(15,4)5/h8-9H2,1-7H3. The summed E-state index contributed by atoms with van der Waals surface area (Å²) in [5.74, 6) is 1.11. The van der Waals surface area contributed by atoms with E-state index in [1.807, 2.05) is 0 Å². The molecule has 3 nitrogen and oxygen atoms in total. The van der Waals surface area contributed by atoms with Gasteiger partial charge in [0.2, 0.25) is 0 Å². The van der Waals surface area contributed by atoms with Crippen LogP contribution in [0.5, 0.6) is 0 Å². The van der Waals surface area contributed by atoms with Crippen molar-refractivity contribution in [3.05, 3.63) is 0 Å². The monoisotopic (exact) mass is 211 g/mol. The molecule has 3 heteroatoms. The lowest BCUT2D eigenvalue weighted by Gasteiger charge is -2.62. The molecular formula is C12H25N3. The van der Waals surface area contributed by atoms with E-state index in [1.54, 1.807) is 0 Å². The zero-order valence-electron chi connectivity index (χ0n) is 11.3. The highest BCUT2D eigenvalue weighted by Crippen LogP contribution is 2.46. The average molecular weight is 211 g/mol.